The average molecular weight is 434 g/mol. The minimum atomic E-state index is -4.00. The molecule has 0 fully saturated rings. The Kier molecular flexibility index (Phi) is 5.48. The van der Waals surface area contributed by atoms with Crippen molar-refractivity contribution in [3.8, 4) is 0 Å². The molecule has 12 heteroatoms. The molecule has 0 bridgehead atoms. The quantitative estimate of drug-likeness (QED) is 0.429. The van der Waals surface area contributed by atoms with Crippen LogP contribution in [0.4, 0.5) is 17.2 Å². The molecule has 0 amide bonds. The molecule has 29 heavy (non-hydrogen) atoms. The first-order valence-electron chi connectivity index (χ1n) is 7.99. The fourth-order valence-electron chi connectivity index (χ4n) is 2.28. The molecular weight excluding hydrogens is 420 g/mol. The number of non-ortho nitro benzene ring substituents is 1. The number of sulfonamides is 2. The number of nitro groups is 1. The number of anilines is 2. The van der Waals surface area contributed by atoms with Crippen LogP contribution in [0.15, 0.2) is 82.7 Å². The Hall–Kier alpha value is -3.51. The molecule has 0 saturated carbocycles. The van der Waals surface area contributed by atoms with Gasteiger partial charge in [-0.2, -0.15) is 0 Å². The van der Waals surface area contributed by atoms with Gasteiger partial charge in [-0.25, -0.2) is 21.8 Å². The number of aromatic nitrogens is 1. The maximum Gasteiger partial charge on any atom is 0.269 e. The molecular formula is C17H14N4O6S2. The van der Waals surface area contributed by atoms with Crippen LogP contribution in [0.3, 0.4) is 0 Å². The summed E-state index contributed by atoms with van der Waals surface area (Å²) in [7, 11) is -7.89. The standard InChI is InChI=1S/C17H14N4O6S2/c22-21(23)14-6-10-16(11-7-14)28(24,25)19-13-4-8-15(9-5-13)29(26,27)20-17-3-1-2-12-18-17/h1-12,19H,(H,18,20). The lowest BCUT2D eigenvalue weighted by atomic mass is 10.3. The van der Waals surface area contributed by atoms with Gasteiger partial charge < -0.3 is 0 Å². The van der Waals surface area contributed by atoms with E-state index in [4.69, 9.17) is 0 Å². The maximum absolute atomic E-state index is 12.4. The normalized spacial score (nSPS) is 11.6. The average Bonchev–Trinajstić information content (AvgIpc) is 2.68. The Morgan fingerprint density at radius 1 is 0.759 bits per heavy atom. The van der Waals surface area contributed by atoms with Crippen LogP contribution in [0.5, 0.6) is 0 Å². The largest absolute Gasteiger partial charge is 0.280 e. The number of nitrogens with zero attached hydrogens (tertiary/aromatic N) is 2. The van der Waals surface area contributed by atoms with E-state index in [1.165, 1.54) is 36.5 Å². The van der Waals surface area contributed by atoms with Gasteiger partial charge in [0.05, 0.1) is 14.7 Å². The highest BCUT2D eigenvalue weighted by molar-refractivity contribution is 7.93. The number of pyridine rings is 1. The van der Waals surface area contributed by atoms with E-state index >= 15 is 0 Å². The number of benzene rings is 2. The van der Waals surface area contributed by atoms with Crippen molar-refractivity contribution in [2.75, 3.05) is 9.44 Å². The molecule has 3 aromatic rings. The third-order valence-corrected chi connectivity index (χ3v) is 6.45. The molecule has 2 N–H and O–H groups in total. The van der Waals surface area contributed by atoms with Crippen LogP contribution in [0.25, 0.3) is 0 Å². The van der Waals surface area contributed by atoms with Gasteiger partial charge in [-0.1, -0.05) is 6.07 Å². The molecule has 0 saturated heterocycles. The van der Waals surface area contributed by atoms with E-state index in [2.05, 4.69) is 14.4 Å². The minimum Gasteiger partial charge on any atom is -0.280 e. The van der Waals surface area contributed by atoms with Crippen LogP contribution in [-0.4, -0.2) is 26.7 Å². The van der Waals surface area contributed by atoms with E-state index in [0.29, 0.717) is 0 Å². The topological polar surface area (TPSA) is 148 Å². The molecule has 0 aliphatic carbocycles. The van der Waals surface area contributed by atoms with Crippen molar-refractivity contribution >= 4 is 37.2 Å². The molecule has 0 radical (unpaired) electrons. The van der Waals surface area contributed by atoms with Gasteiger partial charge in [0.1, 0.15) is 5.82 Å². The summed E-state index contributed by atoms with van der Waals surface area (Å²) in [6, 6.07) is 14.2. The van der Waals surface area contributed by atoms with Crippen LogP contribution < -0.4 is 9.44 Å². The molecule has 1 aromatic heterocycles. The van der Waals surface area contributed by atoms with Gasteiger partial charge in [0.15, 0.2) is 0 Å². The monoisotopic (exact) mass is 434 g/mol. The fourth-order valence-corrected chi connectivity index (χ4v) is 4.35. The summed E-state index contributed by atoms with van der Waals surface area (Å²) in [6.07, 6.45) is 1.44. The molecule has 0 atom stereocenters. The minimum absolute atomic E-state index is 0.0820. The van der Waals surface area contributed by atoms with Crippen LogP contribution in [0.1, 0.15) is 0 Å². The van der Waals surface area contributed by atoms with E-state index in [-0.39, 0.29) is 27.0 Å². The molecule has 150 valence electrons. The van der Waals surface area contributed by atoms with Crippen molar-refractivity contribution in [2.45, 2.75) is 9.79 Å². The second kappa shape index (κ2) is 7.85. The van der Waals surface area contributed by atoms with Crippen LogP contribution in [-0.2, 0) is 20.0 Å². The summed E-state index contributed by atoms with van der Waals surface area (Å²) in [5.41, 5.74) is -0.112. The van der Waals surface area contributed by atoms with Crippen molar-refractivity contribution in [3.05, 3.63) is 83.0 Å². The van der Waals surface area contributed by atoms with Crippen molar-refractivity contribution < 1.29 is 21.8 Å². The Morgan fingerprint density at radius 2 is 1.31 bits per heavy atom. The summed E-state index contributed by atoms with van der Waals surface area (Å²) >= 11 is 0. The zero-order valence-electron chi connectivity index (χ0n) is 14.6. The lowest BCUT2D eigenvalue weighted by molar-refractivity contribution is -0.384. The number of rotatable bonds is 7. The molecule has 10 nitrogen and oxygen atoms in total. The van der Waals surface area contributed by atoms with Gasteiger partial charge in [0.2, 0.25) is 0 Å². The number of hydrogen-bond donors (Lipinski definition) is 2. The zero-order chi connectivity index (χ0) is 21.1. The third kappa shape index (κ3) is 4.86. The third-order valence-electron chi connectivity index (χ3n) is 3.68. The molecule has 0 spiro atoms. The van der Waals surface area contributed by atoms with Crippen molar-refractivity contribution in [2.24, 2.45) is 0 Å². The Morgan fingerprint density at radius 3 is 1.83 bits per heavy atom. The lowest BCUT2D eigenvalue weighted by Gasteiger charge is -2.10. The van der Waals surface area contributed by atoms with Crippen molar-refractivity contribution in [1.82, 2.24) is 4.98 Å². The van der Waals surface area contributed by atoms with Gasteiger partial charge in [0.25, 0.3) is 25.7 Å². The van der Waals surface area contributed by atoms with Crippen LogP contribution in [0.2, 0.25) is 0 Å². The first-order valence-corrected chi connectivity index (χ1v) is 11.0. The summed E-state index contributed by atoms with van der Waals surface area (Å²) in [5.74, 6) is 0.149. The smallest absolute Gasteiger partial charge is 0.269 e. The summed E-state index contributed by atoms with van der Waals surface area (Å²) < 4.78 is 54.1. The van der Waals surface area contributed by atoms with Gasteiger partial charge in [-0.3, -0.25) is 19.6 Å². The van der Waals surface area contributed by atoms with Crippen LogP contribution in [0, 0.1) is 10.1 Å². The Bertz CT molecular complexity index is 1230. The summed E-state index contributed by atoms with van der Waals surface area (Å²) in [5, 5.41) is 10.7. The van der Waals surface area contributed by atoms with Crippen LogP contribution >= 0.6 is 0 Å². The fraction of sp³-hybridized carbons (Fsp3) is 0. The first kappa shape index (κ1) is 20.2. The summed E-state index contributed by atoms with van der Waals surface area (Å²) in [4.78, 5) is 13.7. The Balaban J connectivity index is 1.76. The van der Waals surface area contributed by atoms with E-state index in [1.807, 2.05) is 0 Å². The molecule has 0 aliphatic heterocycles. The number of hydrogen-bond acceptors (Lipinski definition) is 7. The number of nitro benzene ring substituents is 1. The zero-order valence-corrected chi connectivity index (χ0v) is 16.2. The predicted octanol–water partition coefficient (Wildman–Crippen LogP) is 2.59. The van der Waals surface area contributed by atoms with Crippen molar-refractivity contribution in [1.29, 1.82) is 0 Å². The van der Waals surface area contributed by atoms with Gasteiger partial charge in [-0.05, 0) is 48.5 Å². The second-order valence-electron chi connectivity index (χ2n) is 5.70. The second-order valence-corrected chi connectivity index (χ2v) is 9.07. The molecule has 1 heterocycles. The van der Waals surface area contributed by atoms with E-state index in [9.17, 15) is 26.9 Å². The van der Waals surface area contributed by atoms with E-state index in [1.54, 1.807) is 12.1 Å². The highest BCUT2D eigenvalue weighted by Gasteiger charge is 2.18. The first-order chi connectivity index (χ1) is 13.7. The lowest BCUT2D eigenvalue weighted by Crippen LogP contribution is -2.15. The molecule has 0 aliphatic rings. The SMILES string of the molecule is O=[N+]([O-])c1ccc(S(=O)(=O)Nc2ccc(S(=O)(=O)Nc3ccccn3)cc2)cc1. The summed E-state index contributed by atoms with van der Waals surface area (Å²) in [6.45, 7) is 0. The number of nitrogens with one attached hydrogen (secondary N) is 2. The van der Waals surface area contributed by atoms with Gasteiger partial charge in [-0.15, -0.1) is 0 Å². The van der Waals surface area contributed by atoms with E-state index in [0.717, 1.165) is 24.3 Å². The highest BCUT2D eigenvalue weighted by Crippen LogP contribution is 2.21. The highest BCUT2D eigenvalue weighted by atomic mass is 32.2. The van der Waals surface area contributed by atoms with Gasteiger partial charge in [0, 0.05) is 24.0 Å². The molecule has 3 rings (SSSR count). The predicted molar refractivity (Wildman–Crippen MR) is 105 cm³/mol. The molecule has 2 aromatic carbocycles. The van der Waals surface area contributed by atoms with Crippen molar-refractivity contribution in [3.63, 3.8) is 0 Å². The maximum atomic E-state index is 12.4. The molecule has 0 unspecified atom stereocenters. The Labute approximate surface area is 166 Å². The van der Waals surface area contributed by atoms with E-state index < -0.39 is 25.0 Å². The van der Waals surface area contributed by atoms with Gasteiger partial charge >= 0.3 is 0 Å².